The number of aldehydes is 2. The molecule has 0 radical (unpaired) electrons. The predicted molar refractivity (Wildman–Crippen MR) is 103 cm³/mol. The van der Waals surface area contributed by atoms with E-state index in [9.17, 15) is 9.59 Å². The first-order valence-corrected chi connectivity index (χ1v) is 8.31. The average molecular weight is 349 g/mol. The van der Waals surface area contributed by atoms with Crippen molar-refractivity contribution in [1.82, 2.24) is 0 Å². The first kappa shape index (κ1) is 19.4. The number of hydrogen-bond acceptors (Lipinski definition) is 4. The molecule has 0 saturated carbocycles. The van der Waals surface area contributed by atoms with Gasteiger partial charge in [-0.1, -0.05) is 30.0 Å². The number of hydrogen-bond donors (Lipinski definition) is 1. The van der Waals surface area contributed by atoms with Crippen LogP contribution in [0.15, 0.2) is 42.5 Å². The lowest BCUT2D eigenvalue weighted by Gasteiger charge is -2.39. The van der Waals surface area contributed by atoms with Crippen molar-refractivity contribution in [2.45, 2.75) is 38.8 Å². The molecule has 0 atom stereocenters. The molecule has 0 spiro atoms. The highest BCUT2D eigenvalue weighted by molar-refractivity contribution is 5.77. The quantitative estimate of drug-likeness (QED) is 0.661. The Kier molecular flexibility index (Phi) is 5.64. The molecular formula is C22H23NO3. The summed E-state index contributed by atoms with van der Waals surface area (Å²) < 4.78 is 6.13. The molecule has 0 bridgehead atoms. The van der Waals surface area contributed by atoms with E-state index in [4.69, 9.17) is 10.5 Å². The first-order valence-electron chi connectivity index (χ1n) is 8.31. The molecule has 26 heavy (non-hydrogen) atoms. The molecule has 4 heteroatoms. The van der Waals surface area contributed by atoms with Crippen LogP contribution < -0.4 is 10.5 Å². The van der Waals surface area contributed by atoms with Gasteiger partial charge in [0.25, 0.3) is 0 Å². The number of benzene rings is 2. The largest absolute Gasteiger partial charge is 0.485 e. The zero-order chi connectivity index (χ0) is 19.4. The molecule has 2 rings (SSSR count). The Morgan fingerprint density at radius 1 is 0.885 bits per heavy atom. The summed E-state index contributed by atoms with van der Waals surface area (Å²) in [5, 5.41) is 0. The maximum absolute atomic E-state index is 11.1. The second-order valence-corrected chi connectivity index (χ2v) is 7.20. The highest BCUT2D eigenvalue weighted by Gasteiger charge is 2.36. The molecule has 0 aliphatic carbocycles. The SMILES string of the molecule is CC(C)(N)C(C)(C)Oc1cc(C=O)ccc1C#Cc1ccc(C=O)cc1. The van der Waals surface area contributed by atoms with E-state index in [-0.39, 0.29) is 0 Å². The molecule has 0 aliphatic heterocycles. The Bertz CT molecular complexity index is 863. The summed E-state index contributed by atoms with van der Waals surface area (Å²) in [4.78, 5) is 21.9. The summed E-state index contributed by atoms with van der Waals surface area (Å²) in [5.74, 6) is 6.63. The Hall–Kier alpha value is -2.90. The second-order valence-electron chi connectivity index (χ2n) is 7.20. The number of ether oxygens (including phenoxy) is 1. The summed E-state index contributed by atoms with van der Waals surface area (Å²) in [5.41, 5.74) is 7.49. The third kappa shape index (κ3) is 4.59. The van der Waals surface area contributed by atoms with Crippen LogP contribution in [0.3, 0.4) is 0 Å². The highest BCUT2D eigenvalue weighted by Crippen LogP contribution is 2.29. The fraction of sp³-hybridized carbons (Fsp3) is 0.273. The summed E-state index contributed by atoms with van der Waals surface area (Å²) in [7, 11) is 0. The van der Waals surface area contributed by atoms with Crippen molar-refractivity contribution < 1.29 is 14.3 Å². The molecule has 0 aromatic heterocycles. The van der Waals surface area contributed by atoms with E-state index in [2.05, 4.69) is 11.8 Å². The molecule has 0 saturated heterocycles. The molecule has 0 aliphatic rings. The van der Waals surface area contributed by atoms with Gasteiger partial charge in [-0.2, -0.15) is 0 Å². The van der Waals surface area contributed by atoms with Crippen LogP contribution in [-0.2, 0) is 0 Å². The van der Waals surface area contributed by atoms with Crippen LogP contribution in [-0.4, -0.2) is 23.7 Å². The van der Waals surface area contributed by atoms with Gasteiger partial charge in [-0.15, -0.1) is 0 Å². The van der Waals surface area contributed by atoms with Gasteiger partial charge in [0.1, 0.15) is 23.9 Å². The molecule has 4 nitrogen and oxygen atoms in total. The van der Waals surface area contributed by atoms with Gasteiger partial charge in [-0.25, -0.2) is 0 Å². The summed E-state index contributed by atoms with van der Waals surface area (Å²) in [6, 6.07) is 12.1. The minimum absolute atomic E-state index is 0.506. The molecular weight excluding hydrogens is 326 g/mol. The van der Waals surface area contributed by atoms with Gasteiger partial charge < -0.3 is 10.5 Å². The van der Waals surface area contributed by atoms with E-state index in [1.54, 1.807) is 42.5 Å². The summed E-state index contributed by atoms with van der Waals surface area (Å²) >= 11 is 0. The Morgan fingerprint density at radius 2 is 1.46 bits per heavy atom. The molecule has 0 unspecified atom stereocenters. The molecule has 2 aromatic rings. The van der Waals surface area contributed by atoms with Crippen molar-refractivity contribution in [2.75, 3.05) is 0 Å². The van der Waals surface area contributed by atoms with Crippen molar-refractivity contribution in [3.63, 3.8) is 0 Å². The van der Waals surface area contributed by atoms with Gasteiger partial charge in [-0.3, -0.25) is 9.59 Å². The van der Waals surface area contributed by atoms with Gasteiger partial charge in [0, 0.05) is 22.2 Å². The van der Waals surface area contributed by atoms with Crippen molar-refractivity contribution in [2.24, 2.45) is 5.73 Å². The van der Waals surface area contributed by atoms with Crippen LogP contribution >= 0.6 is 0 Å². The van der Waals surface area contributed by atoms with Crippen molar-refractivity contribution in [3.8, 4) is 17.6 Å². The molecule has 2 aromatic carbocycles. The molecule has 0 fully saturated rings. The Morgan fingerprint density at radius 3 is 2.00 bits per heavy atom. The lowest BCUT2D eigenvalue weighted by atomic mass is 9.86. The van der Waals surface area contributed by atoms with Crippen LogP contribution in [0, 0.1) is 11.8 Å². The van der Waals surface area contributed by atoms with Crippen molar-refractivity contribution in [1.29, 1.82) is 0 Å². The third-order valence-corrected chi connectivity index (χ3v) is 4.45. The Labute approximate surface area is 154 Å². The average Bonchev–Trinajstić information content (AvgIpc) is 2.59. The van der Waals surface area contributed by atoms with E-state index in [0.29, 0.717) is 22.4 Å². The molecule has 0 amide bonds. The van der Waals surface area contributed by atoms with Crippen molar-refractivity contribution >= 4 is 12.6 Å². The number of rotatable bonds is 5. The third-order valence-electron chi connectivity index (χ3n) is 4.45. The monoisotopic (exact) mass is 349 g/mol. The fourth-order valence-electron chi connectivity index (χ4n) is 1.99. The predicted octanol–water partition coefficient (Wildman–Crippen LogP) is 3.61. The lowest BCUT2D eigenvalue weighted by Crippen LogP contribution is -2.56. The number of carbonyl (C=O) groups excluding carboxylic acids is 2. The van der Waals surface area contributed by atoms with Gasteiger partial charge in [0.2, 0.25) is 0 Å². The number of nitrogens with two attached hydrogens (primary N) is 1. The van der Waals surface area contributed by atoms with Crippen LogP contribution in [0.4, 0.5) is 0 Å². The maximum Gasteiger partial charge on any atom is 0.150 e. The van der Waals surface area contributed by atoms with Crippen LogP contribution in [0.5, 0.6) is 5.75 Å². The second kappa shape index (κ2) is 7.55. The minimum Gasteiger partial charge on any atom is -0.485 e. The smallest absolute Gasteiger partial charge is 0.150 e. The summed E-state index contributed by atoms with van der Waals surface area (Å²) in [6.45, 7) is 7.57. The van der Waals surface area contributed by atoms with Gasteiger partial charge in [0.05, 0.1) is 5.56 Å². The van der Waals surface area contributed by atoms with Crippen LogP contribution in [0.1, 0.15) is 59.5 Å². The minimum atomic E-state index is -0.670. The zero-order valence-electron chi connectivity index (χ0n) is 15.5. The van der Waals surface area contributed by atoms with Gasteiger partial charge in [0.15, 0.2) is 0 Å². The van der Waals surface area contributed by atoms with E-state index >= 15 is 0 Å². The zero-order valence-corrected chi connectivity index (χ0v) is 15.5. The van der Waals surface area contributed by atoms with E-state index in [1.807, 2.05) is 27.7 Å². The molecule has 2 N–H and O–H groups in total. The van der Waals surface area contributed by atoms with Crippen molar-refractivity contribution in [3.05, 3.63) is 64.7 Å². The van der Waals surface area contributed by atoms with Crippen LogP contribution in [0.2, 0.25) is 0 Å². The topological polar surface area (TPSA) is 69.4 Å². The normalized spacial score (nSPS) is 11.3. The maximum atomic E-state index is 11.1. The van der Waals surface area contributed by atoms with Gasteiger partial charge >= 0.3 is 0 Å². The standard InChI is InChI=1S/C22H23NO3/c1-21(2,23)22(3,4)26-20-13-18(15-25)10-12-19(20)11-9-16-5-7-17(14-24)8-6-16/h5-8,10,12-15H,23H2,1-4H3. The molecule has 0 heterocycles. The first-order chi connectivity index (χ1) is 12.2. The van der Waals surface area contributed by atoms with Gasteiger partial charge in [-0.05, 0) is 52.0 Å². The van der Waals surface area contributed by atoms with E-state index < -0.39 is 11.1 Å². The number of carbonyl (C=O) groups is 2. The lowest BCUT2D eigenvalue weighted by molar-refractivity contribution is 0.0401. The molecule has 134 valence electrons. The fourth-order valence-corrected chi connectivity index (χ4v) is 1.99. The highest BCUT2D eigenvalue weighted by atomic mass is 16.5. The van der Waals surface area contributed by atoms with Crippen LogP contribution in [0.25, 0.3) is 0 Å². The summed E-state index contributed by atoms with van der Waals surface area (Å²) in [6.07, 6.45) is 1.56. The van der Waals surface area contributed by atoms with E-state index in [1.165, 1.54) is 0 Å². The van der Waals surface area contributed by atoms with E-state index in [0.717, 1.165) is 18.1 Å². The Balaban J connectivity index is 2.41.